The van der Waals surface area contributed by atoms with E-state index >= 15 is 0 Å². The number of phenols is 1. The molecule has 140 valence electrons. The van der Waals surface area contributed by atoms with Crippen LogP contribution >= 0.6 is 0 Å². The van der Waals surface area contributed by atoms with Gasteiger partial charge < -0.3 is 9.84 Å². The van der Waals surface area contributed by atoms with Crippen LogP contribution < -0.4 is 4.74 Å². The van der Waals surface area contributed by atoms with E-state index in [-0.39, 0.29) is 16.6 Å². The van der Waals surface area contributed by atoms with Crippen LogP contribution in [0, 0.1) is 0 Å². The van der Waals surface area contributed by atoms with E-state index in [2.05, 4.69) is 71.0 Å². The molecule has 0 fully saturated rings. The maximum Gasteiger partial charge on any atom is 0.169 e. The van der Waals surface area contributed by atoms with Crippen LogP contribution in [-0.2, 0) is 10.8 Å². The largest absolute Gasteiger partial charge is 0.504 e. The second-order valence-electron chi connectivity index (χ2n) is 8.55. The van der Waals surface area contributed by atoms with Gasteiger partial charge in [-0.1, -0.05) is 83.1 Å². The molecule has 3 rings (SSSR count). The Kier molecular flexibility index (Phi) is 5.01. The average molecular weight is 360 g/mol. The minimum atomic E-state index is -0.0892. The lowest BCUT2D eigenvalue weighted by atomic mass is 9.78. The molecule has 0 aliphatic rings. The van der Waals surface area contributed by atoms with E-state index in [0.29, 0.717) is 11.5 Å². The molecule has 0 heterocycles. The highest BCUT2D eigenvalue weighted by Crippen LogP contribution is 2.37. The third kappa shape index (κ3) is 4.16. The Morgan fingerprint density at radius 1 is 0.667 bits per heavy atom. The van der Waals surface area contributed by atoms with Crippen molar-refractivity contribution in [2.75, 3.05) is 0 Å². The molecule has 0 aliphatic carbocycles. The Morgan fingerprint density at radius 3 is 1.81 bits per heavy atom. The Bertz CT molecular complexity index is 901. The molecular weight excluding hydrogens is 332 g/mol. The minimum Gasteiger partial charge on any atom is -0.504 e. The summed E-state index contributed by atoms with van der Waals surface area (Å²) in [6.45, 7) is 10.9. The zero-order valence-corrected chi connectivity index (χ0v) is 16.8. The first kappa shape index (κ1) is 19.0. The van der Waals surface area contributed by atoms with Gasteiger partial charge in [-0.05, 0) is 46.4 Å². The van der Waals surface area contributed by atoms with Gasteiger partial charge in [0, 0.05) is 5.41 Å². The average Bonchev–Trinajstić information content (AvgIpc) is 2.64. The van der Waals surface area contributed by atoms with E-state index in [0.717, 1.165) is 5.56 Å². The van der Waals surface area contributed by atoms with Crippen LogP contribution in [0.3, 0.4) is 0 Å². The highest BCUT2D eigenvalue weighted by Gasteiger charge is 2.23. The molecule has 0 amide bonds. The van der Waals surface area contributed by atoms with Crippen LogP contribution in [0.15, 0.2) is 72.8 Å². The normalized spacial score (nSPS) is 12.0. The second-order valence-corrected chi connectivity index (χ2v) is 8.55. The maximum absolute atomic E-state index is 10.2. The van der Waals surface area contributed by atoms with Crippen LogP contribution in [0.5, 0.6) is 17.2 Å². The van der Waals surface area contributed by atoms with Gasteiger partial charge in [0.05, 0.1) is 0 Å². The molecule has 3 aromatic rings. The van der Waals surface area contributed by atoms with Gasteiger partial charge in [0.15, 0.2) is 11.5 Å². The third-order valence-corrected chi connectivity index (χ3v) is 5.13. The number of phenolic OH excluding ortho intramolecular Hbond substituents is 1. The molecule has 0 spiro atoms. The van der Waals surface area contributed by atoms with E-state index in [1.165, 1.54) is 11.1 Å². The summed E-state index contributed by atoms with van der Waals surface area (Å²) >= 11 is 0. The SMILES string of the molecule is CC(C)(C)c1ccc(O)c(Oc2ccc(C(C)(C)c3ccccc3)cc2)c1. The Morgan fingerprint density at radius 2 is 1.22 bits per heavy atom. The van der Waals surface area contributed by atoms with E-state index in [9.17, 15) is 5.11 Å². The van der Waals surface area contributed by atoms with Gasteiger partial charge in [-0.15, -0.1) is 0 Å². The van der Waals surface area contributed by atoms with Gasteiger partial charge >= 0.3 is 0 Å². The minimum absolute atomic E-state index is 0.00459. The van der Waals surface area contributed by atoms with Gasteiger partial charge in [0.1, 0.15) is 5.75 Å². The van der Waals surface area contributed by atoms with Crippen LogP contribution in [-0.4, -0.2) is 5.11 Å². The van der Waals surface area contributed by atoms with Crippen molar-refractivity contribution in [3.8, 4) is 17.2 Å². The summed E-state index contributed by atoms with van der Waals surface area (Å²) in [5.41, 5.74) is 3.52. The molecule has 0 bridgehead atoms. The van der Waals surface area contributed by atoms with Crippen molar-refractivity contribution in [3.63, 3.8) is 0 Å². The fraction of sp³-hybridized carbons (Fsp3) is 0.280. The molecule has 0 radical (unpaired) electrons. The summed E-state index contributed by atoms with van der Waals surface area (Å²) < 4.78 is 5.97. The molecule has 3 aromatic carbocycles. The summed E-state index contributed by atoms with van der Waals surface area (Å²) in [5.74, 6) is 1.35. The molecule has 0 saturated heterocycles. The van der Waals surface area contributed by atoms with E-state index in [1.807, 2.05) is 30.3 Å². The van der Waals surface area contributed by atoms with E-state index < -0.39 is 0 Å². The smallest absolute Gasteiger partial charge is 0.169 e. The molecule has 2 heteroatoms. The van der Waals surface area contributed by atoms with E-state index in [4.69, 9.17) is 4.74 Å². The van der Waals surface area contributed by atoms with Crippen molar-refractivity contribution in [1.29, 1.82) is 0 Å². The summed E-state index contributed by atoms with van der Waals surface area (Å²) in [7, 11) is 0. The molecular formula is C25H28O2. The van der Waals surface area contributed by atoms with Gasteiger partial charge in [-0.25, -0.2) is 0 Å². The number of ether oxygens (including phenoxy) is 1. The lowest BCUT2D eigenvalue weighted by Gasteiger charge is -2.26. The Labute approximate surface area is 162 Å². The van der Waals surface area contributed by atoms with Crippen molar-refractivity contribution >= 4 is 0 Å². The molecule has 1 N–H and O–H groups in total. The molecule has 0 saturated carbocycles. The summed E-state index contributed by atoms with van der Waals surface area (Å²) in [6.07, 6.45) is 0. The third-order valence-electron chi connectivity index (χ3n) is 5.13. The second kappa shape index (κ2) is 7.11. The predicted molar refractivity (Wildman–Crippen MR) is 112 cm³/mol. The number of hydrogen-bond donors (Lipinski definition) is 1. The van der Waals surface area contributed by atoms with Crippen molar-refractivity contribution in [2.45, 2.75) is 45.4 Å². The van der Waals surface area contributed by atoms with Crippen molar-refractivity contribution < 1.29 is 9.84 Å². The highest BCUT2D eigenvalue weighted by molar-refractivity contribution is 5.47. The van der Waals surface area contributed by atoms with Crippen LogP contribution in [0.4, 0.5) is 0 Å². The molecule has 0 atom stereocenters. The monoisotopic (exact) mass is 360 g/mol. The first-order valence-electron chi connectivity index (χ1n) is 9.35. The molecule has 0 unspecified atom stereocenters. The van der Waals surface area contributed by atoms with Gasteiger partial charge in [0.2, 0.25) is 0 Å². The molecule has 0 aromatic heterocycles. The van der Waals surface area contributed by atoms with Gasteiger partial charge in [-0.2, -0.15) is 0 Å². The number of aromatic hydroxyl groups is 1. The van der Waals surface area contributed by atoms with Gasteiger partial charge in [-0.3, -0.25) is 0 Å². The lowest BCUT2D eigenvalue weighted by Crippen LogP contribution is -2.18. The van der Waals surface area contributed by atoms with E-state index in [1.54, 1.807) is 6.07 Å². The standard InChI is InChI=1S/C25H28O2/c1-24(2,3)20-13-16-22(26)23(17-20)27-21-14-11-19(12-15-21)25(4,5)18-9-7-6-8-10-18/h6-17,26H,1-5H3. The zero-order chi connectivity index (χ0) is 19.7. The summed E-state index contributed by atoms with van der Waals surface area (Å²) in [4.78, 5) is 0. The summed E-state index contributed by atoms with van der Waals surface area (Å²) in [5, 5.41) is 10.2. The van der Waals surface area contributed by atoms with Crippen molar-refractivity contribution in [1.82, 2.24) is 0 Å². The lowest BCUT2D eigenvalue weighted by molar-refractivity contribution is 0.409. The molecule has 27 heavy (non-hydrogen) atoms. The summed E-state index contributed by atoms with van der Waals surface area (Å²) in [6, 6.07) is 24.1. The van der Waals surface area contributed by atoms with Crippen molar-refractivity contribution in [3.05, 3.63) is 89.5 Å². The number of rotatable bonds is 4. The first-order chi connectivity index (χ1) is 12.7. The molecule has 0 aliphatic heterocycles. The fourth-order valence-corrected chi connectivity index (χ4v) is 3.15. The Hall–Kier alpha value is -2.74. The quantitative estimate of drug-likeness (QED) is 0.554. The van der Waals surface area contributed by atoms with Gasteiger partial charge in [0.25, 0.3) is 0 Å². The highest BCUT2D eigenvalue weighted by atomic mass is 16.5. The van der Waals surface area contributed by atoms with Crippen LogP contribution in [0.1, 0.15) is 51.3 Å². The fourth-order valence-electron chi connectivity index (χ4n) is 3.15. The zero-order valence-electron chi connectivity index (χ0n) is 16.8. The number of hydrogen-bond acceptors (Lipinski definition) is 2. The topological polar surface area (TPSA) is 29.5 Å². The predicted octanol–water partition coefficient (Wildman–Crippen LogP) is 6.81. The van der Waals surface area contributed by atoms with Crippen LogP contribution in [0.25, 0.3) is 0 Å². The molecule has 2 nitrogen and oxygen atoms in total. The maximum atomic E-state index is 10.2. The Balaban J connectivity index is 1.85. The number of benzene rings is 3. The van der Waals surface area contributed by atoms with Crippen LogP contribution in [0.2, 0.25) is 0 Å². The first-order valence-corrected chi connectivity index (χ1v) is 9.35. The van der Waals surface area contributed by atoms with Crippen molar-refractivity contribution in [2.24, 2.45) is 0 Å².